The molecule has 2 aromatic carbocycles. The number of halogens is 1. The molecule has 1 N–H and O–H groups in total. The SMILES string of the molecule is Cc1ccc(F)cc1NCc1ccc([N+](=O)[O-])cc1. The van der Waals surface area contributed by atoms with E-state index in [4.69, 9.17) is 0 Å². The van der Waals surface area contributed by atoms with Gasteiger partial charge in [0.15, 0.2) is 0 Å². The van der Waals surface area contributed by atoms with E-state index < -0.39 is 4.92 Å². The zero-order chi connectivity index (χ0) is 13.8. The second kappa shape index (κ2) is 5.48. The van der Waals surface area contributed by atoms with Crippen molar-refractivity contribution in [2.45, 2.75) is 13.5 Å². The smallest absolute Gasteiger partial charge is 0.269 e. The van der Waals surface area contributed by atoms with Gasteiger partial charge in [0.05, 0.1) is 4.92 Å². The quantitative estimate of drug-likeness (QED) is 0.674. The number of aryl methyl sites for hydroxylation is 1. The molecule has 0 amide bonds. The Morgan fingerprint density at radius 3 is 2.53 bits per heavy atom. The van der Waals surface area contributed by atoms with Gasteiger partial charge in [0.1, 0.15) is 5.82 Å². The molecule has 0 saturated heterocycles. The third-order valence-electron chi connectivity index (χ3n) is 2.83. The van der Waals surface area contributed by atoms with Crippen LogP contribution >= 0.6 is 0 Å². The summed E-state index contributed by atoms with van der Waals surface area (Å²) in [6, 6.07) is 10.8. The largest absolute Gasteiger partial charge is 0.381 e. The third-order valence-corrected chi connectivity index (χ3v) is 2.83. The van der Waals surface area contributed by atoms with Crippen molar-refractivity contribution in [2.24, 2.45) is 0 Å². The Balaban J connectivity index is 2.06. The van der Waals surface area contributed by atoms with Crippen LogP contribution in [-0.2, 0) is 6.54 Å². The van der Waals surface area contributed by atoms with Crippen LogP contribution in [0.2, 0.25) is 0 Å². The van der Waals surface area contributed by atoms with Gasteiger partial charge < -0.3 is 5.32 Å². The van der Waals surface area contributed by atoms with Crippen molar-refractivity contribution in [2.75, 3.05) is 5.32 Å². The summed E-state index contributed by atoms with van der Waals surface area (Å²) >= 11 is 0. The summed E-state index contributed by atoms with van der Waals surface area (Å²) in [5, 5.41) is 13.6. The Morgan fingerprint density at radius 2 is 1.89 bits per heavy atom. The fourth-order valence-corrected chi connectivity index (χ4v) is 1.72. The zero-order valence-corrected chi connectivity index (χ0v) is 10.4. The number of nitrogens with zero attached hydrogens (tertiary/aromatic N) is 1. The predicted molar refractivity (Wildman–Crippen MR) is 71.6 cm³/mol. The molecule has 0 saturated carbocycles. The lowest BCUT2D eigenvalue weighted by atomic mass is 10.1. The molecule has 0 atom stereocenters. The van der Waals surface area contributed by atoms with Crippen molar-refractivity contribution >= 4 is 11.4 Å². The molecule has 0 aliphatic rings. The number of anilines is 1. The molecule has 5 heteroatoms. The molecule has 0 aliphatic carbocycles. The Bertz CT molecular complexity index is 597. The molecule has 0 aliphatic heterocycles. The van der Waals surface area contributed by atoms with E-state index in [0.29, 0.717) is 6.54 Å². The maximum absolute atomic E-state index is 13.1. The van der Waals surface area contributed by atoms with Gasteiger partial charge in [-0.2, -0.15) is 0 Å². The van der Waals surface area contributed by atoms with E-state index >= 15 is 0 Å². The Morgan fingerprint density at radius 1 is 1.21 bits per heavy atom. The van der Waals surface area contributed by atoms with Gasteiger partial charge >= 0.3 is 0 Å². The topological polar surface area (TPSA) is 55.2 Å². The van der Waals surface area contributed by atoms with E-state index in [-0.39, 0.29) is 11.5 Å². The van der Waals surface area contributed by atoms with Gasteiger partial charge in [-0.05, 0) is 30.2 Å². The summed E-state index contributed by atoms with van der Waals surface area (Å²) in [5.74, 6) is -0.295. The molecule has 0 spiro atoms. The average Bonchev–Trinajstić information content (AvgIpc) is 2.40. The molecule has 19 heavy (non-hydrogen) atoms. The fourth-order valence-electron chi connectivity index (χ4n) is 1.72. The maximum atomic E-state index is 13.1. The Kier molecular flexibility index (Phi) is 3.75. The minimum Gasteiger partial charge on any atom is -0.381 e. The lowest BCUT2D eigenvalue weighted by molar-refractivity contribution is -0.384. The van der Waals surface area contributed by atoms with Crippen molar-refractivity contribution in [3.63, 3.8) is 0 Å². The molecule has 0 aromatic heterocycles. The molecule has 0 fully saturated rings. The van der Waals surface area contributed by atoms with E-state index in [1.807, 2.05) is 6.92 Å². The monoisotopic (exact) mass is 260 g/mol. The summed E-state index contributed by atoms with van der Waals surface area (Å²) < 4.78 is 13.1. The van der Waals surface area contributed by atoms with Crippen molar-refractivity contribution in [3.8, 4) is 0 Å². The van der Waals surface area contributed by atoms with E-state index in [9.17, 15) is 14.5 Å². The normalized spacial score (nSPS) is 10.2. The highest BCUT2D eigenvalue weighted by Crippen LogP contribution is 2.18. The van der Waals surface area contributed by atoms with E-state index in [2.05, 4.69) is 5.32 Å². The first-order valence-corrected chi connectivity index (χ1v) is 5.79. The maximum Gasteiger partial charge on any atom is 0.269 e. The standard InChI is InChI=1S/C14H13FN2O2/c1-10-2-5-12(15)8-14(10)16-9-11-3-6-13(7-4-11)17(18)19/h2-8,16H,9H2,1H3. The van der Waals surface area contributed by atoms with Crippen LogP contribution in [0.5, 0.6) is 0 Å². The molecule has 98 valence electrons. The lowest BCUT2D eigenvalue weighted by Gasteiger charge is -2.09. The van der Waals surface area contributed by atoms with Crippen LogP contribution in [-0.4, -0.2) is 4.92 Å². The molecule has 0 unspecified atom stereocenters. The van der Waals surface area contributed by atoms with Gasteiger partial charge in [-0.15, -0.1) is 0 Å². The van der Waals surface area contributed by atoms with E-state index in [0.717, 1.165) is 16.8 Å². The van der Waals surface area contributed by atoms with Crippen LogP contribution in [0, 0.1) is 22.9 Å². The molecular weight excluding hydrogens is 247 g/mol. The predicted octanol–water partition coefficient (Wildman–Crippen LogP) is 3.65. The van der Waals surface area contributed by atoms with Crippen molar-refractivity contribution in [1.82, 2.24) is 0 Å². The van der Waals surface area contributed by atoms with Crippen LogP contribution in [0.3, 0.4) is 0 Å². The van der Waals surface area contributed by atoms with Crippen LogP contribution < -0.4 is 5.32 Å². The number of hydrogen-bond donors (Lipinski definition) is 1. The lowest BCUT2D eigenvalue weighted by Crippen LogP contribution is -2.01. The number of hydrogen-bond acceptors (Lipinski definition) is 3. The number of nitro benzene ring substituents is 1. The number of nitro groups is 1. The van der Waals surface area contributed by atoms with Crippen LogP contribution in [0.25, 0.3) is 0 Å². The molecule has 4 nitrogen and oxygen atoms in total. The highest BCUT2D eigenvalue weighted by Gasteiger charge is 2.04. The van der Waals surface area contributed by atoms with Crippen LogP contribution in [0.1, 0.15) is 11.1 Å². The molecular formula is C14H13FN2O2. The summed E-state index contributed by atoms with van der Waals surface area (Å²) in [4.78, 5) is 10.1. The van der Waals surface area contributed by atoms with Gasteiger partial charge in [-0.1, -0.05) is 18.2 Å². The first-order chi connectivity index (χ1) is 9.06. The second-order valence-corrected chi connectivity index (χ2v) is 4.24. The fraction of sp³-hybridized carbons (Fsp3) is 0.143. The second-order valence-electron chi connectivity index (χ2n) is 4.24. The average molecular weight is 260 g/mol. The summed E-state index contributed by atoms with van der Waals surface area (Å²) in [5.41, 5.74) is 2.63. The number of rotatable bonds is 4. The third kappa shape index (κ3) is 3.28. The van der Waals surface area contributed by atoms with Gasteiger partial charge in [0.25, 0.3) is 5.69 Å². The molecule has 2 rings (SSSR count). The number of non-ortho nitro benzene ring substituents is 1. The molecule has 0 bridgehead atoms. The first kappa shape index (κ1) is 13.0. The van der Waals surface area contributed by atoms with E-state index in [1.165, 1.54) is 24.3 Å². The molecule has 0 heterocycles. The highest BCUT2D eigenvalue weighted by atomic mass is 19.1. The minimum atomic E-state index is -0.437. The number of nitrogens with one attached hydrogen (secondary N) is 1. The van der Waals surface area contributed by atoms with Crippen LogP contribution in [0.4, 0.5) is 15.8 Å². The summed E-state index contributed by atoms with van der Waals surface area (Å²) in [7, 11) is 0. The summed E-state index contributed by atoms with van der Waals surface area (Å²) in [6.07, 6.45) is 0. The van der Waals surface area contributed by atoms with Crippen molar-refractivity contribution < 1.29 is 9.31 Å². The highest BCUT2D eigenvalue weighted by molar-refractivity contribution is 5.51. The van der Waals surface area contributed by atoms with Gasteiger partial charge in [-0.25, -0.2) is 4.39 Å². The van der Waals surface area contributed by atoms with Gasteiger partial charge in [0.2, 0.25) is 0 Å². The van der Waals surface area contributed by atoms with Gasteiger partial charge in [0, 0.05) is 24.4 Å². The van der Waals surface area contributed by atoms with Crippen LogP contribution in [0.15, 0.2) is 42.5 Å². The van der Waals surface area contributed by atoms with Crippen molar-refractivity contribution in [3.05, 3.63) is 69.5 Å². The van der Waals surface area contributed by atoms with Crippen molar-refractivity contribution in [1.29, 1.82) is 0 Å². The molecule has 0 radical (unpaired) electrons. The van der Waals surface area contributed by atoms with Gasteiger partial charge in [-0.3, -0.25) is 10.1 Å². The Hall–Kier alpha value is -2.43. The first-order valence-electron chi connectivity index (χ1n) is 5.79. The molecule has 2 aromatic rings. The Labute approximate surface area is 110 Å². The minimum absolute atomic E-state index is 0.0608. The zero-order valence-electron chi connectivity index (χ0n) is 10.4. The summed E-state index contributed by atoms with van der Waals surface area (Å²) in [6.45, 7) is 2.37. The number of benzene rings is 2. The van der Waals surface area contributed by atoms with E-state index in [1.54, 1.807) is 18.2 Å².